The molecule has 0 unspecified atom stereocenters. The normalized spacial score (nSPS) is 19.1. The van der Waals surface area contributed by atoms with E-state index in [1.165, 1.54) is 4.31 Å². The van der Waals surface area contributed by atoms with Gasteiger partial charge in [0.25, 0.3) is 5.91 Å². The van der Waals surface area contributed by atoms with Crippen LogP contribution in [0, 0.1) is 0 Å². The minimum atomic E-state index is -3.33. The van der Waals surface area contributed by atoms with Gasteiger partial charge in [0.15, 0.2) is 0 Å². The second-order valence-electron chi connectivity index (χ2n) is 6.48. The third-order valence-electron chi connectivity index (χ3n) is 4.81. The molecular formula is C16H20N2O5S. The number of carboxylic acids is 1. The van der Waals surface area contributed by atoms with Crippen LogP contribution in [0.1, 0.15) is 41.6 Å². The van der Waals surface area contributed by atoms with E-state index in [1.807, 2.05) is 0 Å². The highest BCUT2D eigenvalue weighted by atomic mass is 32.2. The van der Waals surface area contributed by atoms with Gasteiger partial charge in [-0.15, -0.1) is 0 Å². The molecule has 2 N–H and O–H groups in total. The third kappa shape index (κ3) is 2.86. The molecule has 1 aromatic rings. The first-order valence-corrected chi connectivity index (χ1v) is 9.74. The third-order valence-corrected chi connectivity index (χ3v) is 5.99. The van der Waals surface area contributed by atoms with Crippen molar-refractivity contribution in [3.8, 4) is 0 Å². The molecule has 0 spiro atoms. The van der Waals surface area contributed by atoms with Crippen LogP contribution in [0.25, 0.3) is 0 Å². The van der Waals surface area contributed by atoms with E-state index in [0.29, 0.717) is 37.1 Å². The monoisotopic (exact) mass is 352 g/mol. The smallest absolute Gasteiger partial charge is 0.329 e. The molecule has 1 saturated carbocycles. The largest absolute Gasteiger partial charge is 0.480 e. The topological polar surface area (TPSA) is 104 Å². The molecule has 1 amide bonds. The SMILES string of the molecule is CS(=O)(=O)N1CCc2cc(C(=O)NC3(C(=O)O)CCCC3)ccc21. The van der Waals surface area contributed by atoms with Crippen molar-refractivity contribution >= 4 is 27.6 Å². The van der Waals surface area contributed by atoms with E-state index in [1.54, 1.807) is 18.2 Å². The van der Waals surface area contributed by atoms with Crippen molar-refractivity contribution in [2.45, 2.75) is 37.6 Å². The Morgan fingerprint density at radius 2 is 1.92 bits per heavy atom. The molecule has 2 aliphatic rings. The average molecular weight is 352 g/mol. The van der Waals surface area contributed by atoms with Gasteiger partial charge in [0.05, 0.1) is 11.9 Å². The maximum absolute atomic E-state index is 12.5. The van der Waals surface area contributed by atoms with Crippen molar-refractivity contribution in [1.29, 1.82) is 0 Å². The summed E-state index contributed by atoms with van der Waals surface area (Å²) in [5, 5.41) is 12.1. The molecule has 0 aromatic heterocycles. The maximum Gasteiger partial charge on any atom is 0.329 e. The highest BCUT2D eigenvalue weighted by molar-refractivity contribution is 7.92. The average Bonchev–Trinajstić information content (AvgIpc) is 3.12. The molecule has 0 atom stereocenters. The summed E-state index contributed by atoms with van der Waals surface area (Å²) in [6, 6.07) is 4.81. The fourth-order valence-corrected chi connectivity index (χ4v) is 4.48. The van der Waals surface area contributed by atoms with E-state index >= 15 is 0 Å². The van der Waals surface area contributed by atoms with Gasteiger partial charge in [0, 0.05) is 12.1 Å². The summed E-state index contributed by atoms with van der Waals surface area (Å²) in [6.07, 6.45) is 4.11. The van der Waals surface area contributed by atoms with Gasteiger partial charge < -0.3 is 10.4 Å². The van der Waals surface area contributed by atoms with Crippen LogP contribution in [-0.4, -0.2) is 43.7 Å². The summed E-state index contributed by atoms with van der Waals surface area (Å²) in [7, 11) is -3.33. The molecule has 7 nitrogen and oxygen atoms in total. The van der Waals surface area contributed by atoms with Crippen molar-refractivity contribution in [2.24, 2.45) is 0 Å². The number of anilines is 1. The molecule has 24 heavy (non-hydrogen) atoms. The highest BCUT2D eigenvalue weighted by Gasteiger charge is 2.42. The molecule has 8 heteroatoms. The molecule has 0 radical (unpaired) electrons. The molecule has 1 aromatic carbocycles. The van der Waals surface area contributed by atoms with Crippen molar-refractivity contribution < 1.29 is 23.1 Å². The second kappa shape index (κ2) is 5.77. The molecular weight excluding hydrogens is 332 g/mol. The van der Waals surface area contributed by atoms with E-state index < -0.39 is 27.4 Å². The number of carbonyl (C=O) groups is 2. The number of benzene rings is 1. The molecule has 1 aliphatic heterocycles. The molecule has 1 heterocycles. The maximum atomic E-state index is 12.5. The summed E-state index contributed by atoms with van der Waals surface area (Å²) < 4.78 is 24.8. The van der Waals surface area contributed by atoms with Gasteiger partial charge in [-0.05, 0) is 43.0 Å². The Hall–Kier alpha value is -2.09. The first-order chi connectivity index (χ1) is 11.2. The number of aliphatic carboxylic acids is 1. The van der Waals surface area contributed by atoms with E-state index in [2.05, 4.69) is 5.32 Å². The minimum Gasteiger partial charge on any atom is -0.480 e. The Morgan fingerprint density at radius 1 is 1.25 bits per heavy atom. The number of carboxylic acid groups (broad SMARTS) is 1. The lowest BCUT2D eigenvalue weighted by atomic mass is 9.97. The van der Waals surface area contributed by atoms with Gasteiger partial charge in [0.1, 0.15) is 5.54 Å². The predicted octanol–water partition coefficient (Wildman–Crippen LogP) is 1.14. The number of hydrogen-bond acceptors (Lipinski definition) is 4. The van der Waals surface area contributed by atoms with Crippen molar-refractivity contribution in [3.63, 3.8) is 0 Å². The number of nitrogens with one attached hydrogen (secondary N) is 1. The number of nitrogens with zero attached hydrogens (tertiary/aromatic N) is 1. The Bertz CT molecular complexity index is 797. The van der Waals surface area contributed by atoms with Gasteiger partial charge in [-0.2, -0.15) is 0 Å². The summed E-state index contributed by atoms with van der Waals surface area (Å²) in [4.78, 5) is 24.0. The Labute approximate surface area is 140 Å². The molecule has 1 fully saturated rings. The number of rotatable bonds is 4. The lowest BCUT2D eigenvalue weighted by Crippen LogP contribution is -2.52. The minimum absolute atomic E-state index is 0.358. The van der Waals surface area contributed by atoms with Crippen LogP contribution < -0.4 is 9.62 Å². The van der Waals surface area contributed by atoms with Crippen LogP contribution in [-0.2, 0) is 21.2 Å². The quantitative estimate of drug-likeness (QED) is 0.845. The zero-order valence-corrected chi connectivity index (χ0v) is 14.2. The molecule has 0 bridgehead atoms. The predicted molar refractivity (Wildman–Crippen MR) is 88.6 cm³/mol. The van der Waals surface area contributed by atoms with Gasteiger partial charge in [-0.25, -0.2) is 13.2 Å². The zero-order valence-electron chi connectivity index (χ0n) is 13.4. The number of carbonyl (C=O) groups excluding carboxylic acids is 1. The number of hydrogen-bond donors (Lipinski definition) is 2. The van der Waals surface area contributed by atoms with E-state index in [9.17, 15) is 23.1 Å². The van der Waals surface area contributed by atoms with Crippen LogP contribution in [0.2, 0.25) is 0 Å². The Balaban J connectivity index is 1.84. The zero-order chi connectivity index (χ0) is 17.5. The highest BCUT2D eigenvalue weighted by Crippen LogP contribution is 2.32. The van der Waals surface area contributed by atoms with Gasteiger partial charge in [0.2, 0.25) is 10.0 Å². The van der Waals surface area contributed by atoms with E-state index in [-0.39, 0.29) is 0 Å². The lowest BCUT2D eigenvalue weighted by molar-refractivity contribution is -0.144. The summed E-state index contributed by atoms with van der Waals surface area (Å²) in [5.41, 5.74) is 0.540. The summed E-state index contributed by atoms with van der Waals surface area (Å²) in [5.74, 6) is -1.43. The standard InChI is InChI=1S/C16H20N2O5S/c1-24(22,23)18-9-6-11-10-12(4-5-13(11)18)14(19)17-16(15(20)21)7-2-3-8-16/h4-5,10H,2-3,6-9H2,1H3,(H,17,19)(H,20,21). The van der Waals surface area contributed by atoms with Crippen LogP contribution in [0.3, 0.4) is 0 Å². The number of sulfonamides is 1. The van der Waals surface area contributed by atoms with Crippen LogP contribution in [0.4, 0.5) is 5.69 Å². The van der Waals surface area contributed by atoms with Gasteiger partial charge in [-0.1, -0.05) is 12.8 Å². The van der Waals surface area contributed by atoms with Crippen molar-refractivity contribution in [2.75, 3.05) is 17.1 Å². The molecule has 0 saturated heterocycles. The Kier molecular flexibility index (Phi) is 4.03. The van der Waals surface area contributed by atoms with Crippen LogP contribution >= 0.6 is 0 Å². The first-order valence-electron chi connectivity index (χ1n) is 7.89. The van der Waals surface area contributed by atoms with E-state index in [0.717, 1.165) is 24.7 Å². The van der Waals surface area contributed by atoms with Gasteiger partial charge in [-0.3, -0.25) is 9.10 Å². The fraction of sp³-hybridized carbons (Fsp3) is 0.500. The van der Waals surface area contributed by atoms with Crippen LogP contribution in [0.5, 0.6) is 0 Å². The molecule has 1 aliphatic carbocycles. The lowest BCUT2D eigenvalue weighted by Gasteiger charge is -2.25. The first kappa shape index (κ1) is 16.8. The fourth-order valence-electron chi connectivity index (χ4n) is 3.52. The summed E-state index contributed by atoms with van der Waals surface area (Å²) >= 11 is 0. The molecule has 3 rings (SSSR count). The number of amides is 1. The van der Waals surface area contributed by atoms with Crippen molar-refractivity contribution in [3.05, 3.63) is 29.3 Å². The summed E-state index contributed by atoms with van der Waals surface area (Å²) in [6.45, 7) is 0.359. The number of fused-ring (bicyclic) bond motifs is 1. The van der Waals surface area contributed by atoms with Crippen LogP contribution in [0.15, 0.2) is 18.2 Å². The van der Waals surface area contributed by atoms with Gasteiger partial charge >= 0.3 is 5.97 Å². The van der Waals surface area contributed by atoms with Crippen molar-refractivity contribution in [1.82, 2.24) is 5.32 Å². The Morgan fingerprint density at radius 3 is 2.50 bits per heavy atom. The van der Waals surface area contributed by atoms with E-state index in [4.69, 9.17) is 0 Å². The second-order valence-corrected chi connectivity index (χ2v) is 8.38. The molecule has 130 valence electrons.